The summed E-state index contributed by atoms with van der Waals surface area (Å²) in [4.78, 5) is 37.8. The summed E-state index contributed by atoms with van der Waals surface area (Å²) < 4.78 is 1.39. The van der Waals surface area contributed by atoms with Crippen molar-refractivity contribution in [3.05, 3.63) is 74.7 Å². The highest BCUT2D eigenvalue weighted by Gasteiger charge is 2.24. The van der Waals surface area contributed by atoms with Crippen LogP contribution in [0.2, 0.25) is 0 Å². The van der Waals surface area contributed by atoms with Gasteiger partial charge in [-0.05, 0) is 54.6 Å². The third-order valence-electron chi connectivity index (χ3n) is 5.26. The van der Waals surface area contributed by atoms with Gasteiger partial charge in [0.05, 0.1) is 17.6 Å². The van der Waals surface area contributed by atoms with Crippen LogP contribution in [0.1, 0.15) is 36.2 Å². The highest BCUT2D eigenvalue weighted by molar-refractivity contribution is 5.92. The minimum atomic E-state index is -0.786. The Bertz CT molecular complexity index is 1100. The van der Waals surface area contributed by atoms with E-state index in [9.17, 15) is 14.5 Å². The van der Waals surface area contributed by atoms with Gasteiger partial charge in [-0.25, -0.2) is 4.68 Å². The van der Waals surface area contributed by atoms with Gasteiger partial charge in [0.15, 0.2) is 11.4 Å². The maximum absolute atomic E-state index is 12.3. The zero-order chi connectivity index (χ0) is 20.4. The fraction of sp³-hybridized carbons (Fsp3) is 0.286. The monoisotopic (exact) mass is 391 g/mol. The number of benzene rings is 1. The smallest absolute Gasteiger partial charge is 0.275 e. The third kappa shape index (κ3) is 3.37. The topological polar surface area (TPSA) is 96.7 Å². The van der Waals surface area contributed by atoms with E-state index in [0.29, 0.717) is 5.69 Å². The van der Waals surface area contributed by atoms with Gasteiger partial charge < -0.3 is 10.2 Å². The quantitative estimate of drug-likeness (QED) is 0.808. The average Bonchev–Trinajstić information content (AvgIpc) is 2.78. The normalized spacial score (nSPS) is 15.8. The first-order chi connectivity index (χ1) is 14.1. The maximum Gasteiger partial charge on any atom is 0.275 e. The number of nitroso groups, excluding NO2 is 1. The number of aromatic nitrogens is 2. The largest absolute Gasteiger partial charge is 0.354 e. The first-order valence-electron chi connectivity index (χ1n) is 9.59. The molecule has 148 valence electrons. The van der Waals surface area contributed by atoms with Crippen molar-refractivity contribution in [2.75, 3.05) is 18.5 Å². The van der Waals surface area contributed by atoms with Crippen LogP contribution in [-0.2, 0) is 0 Å². The summed E-state index contributed by atoms with van der Waals surface area (Å²) in [7, 11) is 1.40. The molecule has 0 saturated carbocycles. The van der Waals surface area contributed by atoms with Gasteiger partial charge in [0.2, 0.25) is 5.43 Å². The summed E-state index contributed by atoms with van der Waals surface area (Å²) >= 11 is 0. The van der Waals surface area contributed by atoms with E-state index >= 15 is 0 Å². The van der Waals surface area contributed by atoms with Crippen LogP contribution in [0, 0.1) is 4.91 Å². The van der Waals surface area contributed by atoms with Crippen LogP contribution < -0.4 is 15.6 Å². The number of carbonyl (C=O) groups excluding carboxylic acids is 1. The Balaban J connectivity index is 1.88. The van der Waals surface area contributed by atoms with Crippen molar-refractivity contribution in [3.8, 4) is 5.69 Å². The molecule has 2 aromatic rings. The van der Waals surface area contributed by atoms with Gasteiger partial charge in [-0.1, -0.05) is 18.2 Å². The molecule has 1 aromatic heterocycles. The van der Waals surface area contributed by atoms with Crippen molar-refractivity contribution >= 4 is 17.3 Å². The van der Waals surface area contributed by atoms with Crippen molar-refractivity contribution in [3.63, 3.8) is 0 Å². The molecule has 1 amide bonds. The third-order valence-corrected chi connectivity index (χ3v) is 5.26. The zero-order valence-corrected chi connectivity index (χ0v) is 16.1. The standard InChI is InChI=1S/C21H21N5O3/c1-22-21(28)19-20(27)15(24-29)13-26(23-19)18-11-5-4-10-17(18)25-12-6-8-14-7-2-3-9-16(14)25/h3-5,9-11,13H,2,6-8,12H2,1H3,(H,22,28). The molecule has 1 aliphatic carbocycles. The molecular weight excluding hydrogens is 370 g/mol. The summed E-state index contributed by atoms with van der Waals surface area (Å²) in [5, 5.41) is 9.40. The van der Waals surface area contributed by atoms with E-state index in [-0.39, 0.29) is 11.4 Å². The van der Waals surface area contributed by atoms with Crippen LogP contribution in [0.4, 0.5) is 11.4 Å². The molecule has 29 heavy (non-hydrogen) atoms. The van der Waals surface area contributed by atoms with Crippen LogP contribution in [0.3, 0.4) is 0 Å². The molecule has 0 fully saturated rings. The number of amides is 1. The van der Waals surface area contributed by atoms with E-state index in [4.69, 9.17) is 0 Å². The summed E-state index contributed by atoms with van der Waals surface area (Å²) in [6.07, 6.45) is 9.85. The Hall–Kier alpha value is -3.55. The van der Waals surface area contributed by atoms with Crippen molar-refractivity contribution in [1.82, 2.24) is 15.1 Å². The van der Waals surface area contributed by atoms with Gasteiger partial charge in [-0.15, -0.1) is 4.91 Å². The molecule has 0 spiro atoms. The molecule has 1 aromatic carbocycles. The molecule has 0 radical (unpaired) electrons. The van der Waals surface area contributed by atoms with Gasteiger partial charge in [0.1, 0.15) is 0 Å². The van der Waals surface area contributed by atoms with Crippen molar-refractivity contribution < 1.29 is 4.79 Å². The van der Waals surface area contributed by atoms with Gasteiger partial charge in [-0.2, -0.15) is 5.10 Å². The van der Waals surface area contributed by atoms with Gasteiger partial charge in [0, 0.05) is 19.3 Å². The van der Waals surface area contributed by atoms with E-state index in [1.807, 2.05) is 24.3 Å². The average molecular weight is 391 g/mol. The molecule has 8 heteroatoms. The minimum absolute atomic E-state index is 0.357. The second-order valence-electron chi connectivity index (χ2n) is 6.98. The number of carbonyl (C=O) groups is 1. The predicted molar refractivity (Wildman–Crippen MR) is 111 cm³/mol. The van der Waals surface area contributed by atoms with Gasteiger partial charge in [0.25, 0.3) is 5.91 Å². The van der Waals surface area contributed by atoms with Gasteiger partial charge >= 0.3 is 0 Å². The number of hydrogen-bond donors (Lipinski definition) is 1. The second kappa shape index (κ2) is 7.83. The first kappa shape index (κ1) is 18.8. The zero-order valence-electron chi connectivity index (χ0n) is 16.1. The number of allylic oxidation sites excluding steroid dienone is 3. The van der Waals surface area contributed by atoms with Crippen molar-refractivity contribution in [2.45, 2.75) is 25.7 Å². The lowest BCUT2D eigenvalue weighted by Gasteiger charge is -2.35. The van der Waals surface area contributed by atoms with Crippen LogP contribution in [-0.4, -0.2) is 29.3 Å². The Morgan fingerprint density at radius 2 is 2.00 bits per heavy atom. The van der Waals surface area contributed by atoms with E-state index in [1.165, 1.54) is 29.2 Å². The highest BCUT2D eigenvalue weighted by Crippen LogP contribution is 2.36. The summed E-state index contributed by atoms with van der Waals surface area (Å²) in [6, 6.07) is 7.60. The Morgan fingerprint density at radius 1 is 1.21 bits per heavy atom. The molecule has 0 saturated heterocycles. The molecule has 1 aliphatic heterocycles. The number of nitrogens with one attached hydrogen (secondary N) is 1. The maximum atomic E-state index is 12.3. The van der Waals surface area contributed by atoms with E-state index < -0.39 is 11.3 Å². The molecule has 4 rings (SSSR count). The molecule has 0 atom stereocenters. The number of nitrogens with zero attached hydrogens (tertiary/aromatic N) is 4. The Kier molecular flexibility index (Phi) is 5.07. The Morgan fingerprint density at radius 3 is 2.76 bits per heavy atom. The fourth-order valence-electron chi connectivity index (χ4n) is 3.87. The molecular formula is C21H21N5O3. The lowest BCUT2D eigenvalue weighted by Crippen LogP contribution is -2.31. The Labute approximate surface area is 167 Å². The van der Waals surface area contributed by atoms with Crippen LogP contribution in [0.25, 0.3) is 5.69 Å². The van der Waals surface area contributed by atoms with Crippen LogP contribution in [0.5, 0.6) is 0 Å². The molecule has 0 unspecified atom stereocenters. The minimum Gasteiger partial charge on any atom is -0.354 e. The molecule has 2 aliphatic rings. The van der Waals surface area contributed by atoms with E-state index in [2.05, 4.69) is 32.6 Å². The van der Waals surface area contributed by atoms with Gasteiger partial charge in [-0.3, -0.25) is 9.59 Å². The number of para-hydroxylation sites is 2. The molecule has 0 bridgehead atoms. The molecule has 2 heterocycles. The lowest BCUT2D eigenvalue weighted by atomic mass is 9.93. The lowest BCUT2D eigenvalue weighted by molar-refractivity contribution is 0.0955. The summed E-state index contributed by atoms with van der Waals surface area (Å²) in [5.41, 5.74) is 2.67. The van der Waals surface area contributed by atoms with Crippen LogP contribution in [0.15, 0.2) is 63.9 Å². The fourth-order valence-corrected chi connectivity index (χ4v) is 3.87. The first-order valence-corrected chi connectivity index (χ1v) is 9.59. The summed E-state index contributed by atoms with van der Waals surface area (Å²) in [5.74, 6) is -0.662. The molecule has 8 nitrogen and oxygen atoms in total. The predicted octanol–water partition coefficient (Wildman–Crippen LogP) is 3.19. The SMILES string of the molecule is CNC(=O)c1nn(-c2ccccc2N2CCCC3=C2C=CCC3)cc(N=O)c1=O. The van der Waals surface area contributed by atoms with Crippen LogP contribution >= 0.6 is 0 Å². The summed E-state index contributed by atoms with van der Waals surface area (Å²) in [6.45, 7) is 0.849. The highest BCUT2D eigenvalue weighted by atomic mass is 16.3. The van der Waals surface area contributed by atoms with E-state index in [0.717, 1.165) is 37.9 Å². The number of hydrogen-bond acceptors (Lipinski definition) is 6. The van der Waals surface area contributed by atoms with E-state index in [1.54, 1.807) is 0 Å². The molecule has 1 N–H and O–H groups in total. The number of anilines is 1. The number of rotatable bonds is 4. The van der Waals surface area contributed by atoms with Crippen molar-refractivity contribution in [2.24, 2.45) is 5.18 Å². The second-order valence-corrected chi connectivity index (χ2v) is 6.98. The van der Waals surface area contributed by atoms with Crippen molar-refractivity contribution in [1.29, 1.82) is 0 Å².